The average molecular weight is 280 g/mol. The van der Waals surface area contributed by atoms with E-state index in [4.69, 9.17) is 10.5 Å². The number of nitrogens with one attached hydrogen (secondary N) is 1. The summed E-state index contributed by atoms with van der Waals surface area (Å²) >= 11 is 0. The molecule has 0 saturated heterocycles. The van der Waals surface area contributed by atoms with Gasteiger partial charge in [-0.2, -0.15) is 0 Å². The zero-order chi connectivity index (χ0) is 14.6. The highest BCUT2D eigenvalue weighted by molar-refractivity contribution is 5.51. The summed E-state index contributed by atoms with van der Waals surface area (Å²) in [5, 5.41) is 3.37. The van der Waals surface area contributed by atoms with Crippen LogP contribution in [-0.2, 0) is 0 Å². The molecule has 0 heterocycles. The molecule has 0 bridgehead atoms. The first-order chi connectivity index (χ1) is 9.62. The van der Waals surface area contributed by atoms with E-state index >= 15 is 0 Å². The van der Waals surface area contributed by atoms with Crippen LogP contribution in [0.5, 0.6) is 5.75 Å². The molecule has 1 aromatic rings. The molecule has 1 fully saturated rings. The Balaban J connectivity index is 2.21. The number of methoxy groups -OCH3 is 1. The van der Waals surface area contributed by atoms with Gasteiger partial charge in [0.2, 0.25) is 0 Å². The third kappa shape index (κ3) is 3.23. The van der Waals surface area contributed by atoms with Crippen molar-refractivity contribution in [2.45, 2.75) is 44.6 Å². The minimum absolute atomic E-state index is 0.188. The van der Waals surface area contributed by atoms with Crippen molar-refractivity contribution in [3.05, 3.63) is 24.0 Å². The van der Waals surface area contributed by atoms with Crippen LogP contribution in [0.15, 0.2) is 18.2 Å². The highest BCUT2D eigenvalue weighted by atomic mass is 19.1. The summed E-state index contributed by atoms with van der Waals surface area (Å²) in [6.07, 6.45) is 5.56. The maximum absolute atomic E-state index is 14.0. The molecule has 20 heavy (non-hydrogen) atoms. The number of anilines is 1. The van der Waals surface area contributed by atoms with Crippen molar-refractivity contribution in [3.8, 4) is 5.75 Å². The van der Waals surface area contributed by atoms with Crippen LogP contribution in [0.3, 0.4) is 0 Å². The number of hydrogen-bond acceptors (Lipinski definition) is 3. The van der Waals surface area contributed by atoms with Gasteiger partial charge < -0.3 is 15.8 Å². The Morgan fingerprint density at radius 2 is 2.30 bits per heavy atom. The Hall–Kier alpha value is -1.29. The van der Waals surface area contributed by atoms with E-state index in [1.807, 2.05) is 0 Å². The minimum atomic E-state index is -0.253. The van der Waals surface area contributed by atoms with Crippen LogP contribution in [-0.4, -0.2) is 19.2 Å². The van der Waals surface area contributed by atoms with Crippen LogP contribution in [0.4, 0.5) is 10.1 Å². The molecule has 1 saturated carbocycles. The molecule has 3 nitrogen and oxygen atoms in total. The first kappa shape index (κ1) is 15.1. The summed E-state index contributed by atoms with van der Waals surface area (Å²) in [5.74, 6) is 1.08. The van der Waals surface area contributed by atoms with Gasteiger partial charge >= 0.3 is 0 Å². The van der Waals surface area contributed by atoms with Gasteiger partial charge in [0.25, 0.3) is 0 Å². The minimum Gasteiger partial charge on any atom is -0.497 e. The van der Waals surface area contributed by atoms with Gasteiger partial charge in [-0.05, 0) is 30.9 Å². The van der Waals surface area contributed by atoms with Gasteiger partial charge in [-0.15, -0.1) is 0 Å². The van der Waals surface area contributed by atoms with E-state index < -0.39 is 0 Å². The van der Waals surface area contributed by atoms with Gasteiger partial charge in [0.1, 0.15) is 11.6 Å². The number of hydrogen-bond donors (Lipinski definition) is 2. The molecule has 4 heteroatoms. The predicted molar refractivity (Wildman–Crippen MR) is 80.6 cm³/mol. The fourth-order valence-electron chi connectivity index (χ4n) is 3.20. The Labute approximate surface area is 120 Å². The molecular formula is C16H25FN2O. The lowest BCUT2D eigenvalue weighted by atomic mass is 9.74. The predicted octanol–water partition coefficient (Wildman–Crippen LogP) is 3.54. The molecule has 112 valence electrons. The molecule has 2 unspecified atom stereocenters. The molecule has 0 spiro atoms. The van der Waals surface area contributed by atoms with E-state index in [9.17, 15) is 4.39 Å². The Morgan fingerprint density at radius 1 is 1.50 bits per heavy atom. The topological polar surface area (TPSA) is 47.3 Å². The van der Waals surface area contributed by atoms with Gasteiger partial charge in [0, 0.05) is 18.2 Å². The summed E-state index contributed by atoms with van der Waals surface area (Å²) in [4.78, 5) is 0. The fraction of sp³-hybridized carbons (Fsp3) is 0.625. The largest absolute Gasteiger partial charge is 0.497 e. The molecule has 2 atom stereocenters. The van der Waals surface area contributed by atoms with Crippen molar-refractivity contribution in [3.63, 3.8) is 0 Å². The second kappa shape index (κ2) is 6.44. The van der Waals surface area contributed by atoms with Crippen LogP contribution in [0.25, 0.3) is 0 Å². The number of benzene rings is 1. The standard InChI is InChI=1S/C16H25FN2O/c1-3-12-5-4-8-16(10-12,11-18)19-15-9-13(20-2)6-7-14(15)17/h6-7,9,12,19H,3-5,8,10-11,18H2,1-2H3. The Kier molecular flexibility index (Phi) is 4.86. The van der Waals surface area contributed by atoms with Gasteiger partial charge in [0.05, 0.1) is 12.8 Å². The van der Waals surface area contributed by atoms with E-state index in [2.05, 4.69) is 12.2 Å². The number of halogens is 1. The Bertz CT molecular complexity index is 452. The van der Waals surface area contributed by atoms with Crippen LogP contribution >= 0.6 is 0 Å². The summed E-state index contributed by atoms with van der Waals surface area (Å²) in [6, 6.07) is 4.78. The molecule has 2 rings (SSSR count). The van der Waals surface area contributed by atoms with Crippen LogP contribution in [0.1, 0.15) is 39.0 Å². The van der Waals surface area contributed by atoms with Gasteiger partial charge in [-0.25, -0.2) is 4.39 Å². The molecular weight excluding hydrogens is 255 g/mol. The fourth-order valence-corrected chi connectivity index (χ4v) is 3.20. The molecule has 0 amide bonds. The van der Waals surface area contributed by atoms with Crippen molar-refractivity contribution >= 4 is 5.69 Å². The van der Waals surface area contributed by atoms with Crippen LogP contribution in [0, 0.1) is 11.7 Å². The molecule has 3 N–H and O–H groups in total. The smallest absolute Gasteiger partial charge is 0.146 e. The summed E-state index contributed by atoms with van der Waals surface area (Å²) in [5.41, 5.74) is 6.31. The normalized spacial score (nSPS) is 26.3. The van der Waals surface area contributed by atoms with Crippen LogP contribution < -0.4 is 15.8 Å². The highest BCUT2D eigenvalue weighted by Crippen LogP contribution is 2.37. The quantitative estimate of drug-likeness (QED) is 0.867. The lowest BCUT2D eigenvalue weighted by Crippen LogP contribution is -2.49. The summed E-state index contributed by atoms with van der Waals surface area (Å²) in [6.45, 7) is 2.74. The SMILES string of the molecule is CCC1CCCC(CN)(Nc2cc(OC)ccc2F)C1. The summed E-state index contributed by atoms with van der Waals surface area (Å²) in [7, 11) is 1.59. The second-order valence-electron chi connectivity index (χ2n) is 5.83. The number of rotatable bonds is 5. The van der Waals surface area contributed by atoms with Crippen LogP contribution in [0.2, 0.25) is 0 Å². The molecule has 1 aliphatic rings. The van der Waals surface area contributed by atoms with Crippen molar-refractivity contribution in [2.24, 2.45) is 11.7 Å². The molecule has 0 aromatic heterocycles. The molecule has 1 aromatic carbocycles. The Morgan fingerprint density at radius 3 is 2.95 bits per heavy atom. The summed E-state index contributed by atoms with van der Waals surface area (Å²) < 4.78 is 19.2. The zero-order valence-corrected chi connectivity index (χ0v) is 12.4. The lowest BCUT2D eigenvalue weighted by Gasteiger charge is -2.41. The third-order valence-electron chi connectivity index (χ3n) is 4.49. The van der Waals surface area contributed by atoms with E-state index in [1.165, 1.54) is 12.5 Å². The average Bonchev–Trinajstić information content (AvgIpc) is 2.49. The third-order valence-corrected chi connectivity index (χ3v) is 4.49. The first-order valence-corrected chi connectivity index (χ1v) is 7.44. The van der Waals surface area contributed by atoms with Crippen molar-refractivity contribution in [1.82, 2.24) is 0 Å². The molecule has 0 radical (unpaired) electrons. The number of ether oxygens (including phenoxy) is 1. The lowest BCUT2D eigenvalue weighted by molar-refractivity contribution is 0.244. The first-order valence-electron chi connectivity index (χ1n) is 7.44. The maximum Gasteiger partial charge on any atom is 0.146 e. The monoisotopic (exact) mass is 280 g/mol. The van der Waals surface area contributed by atoms with E-state index in [1.54, 1.807) is 19.2 Å². The van der Waals surface area contributed by atoms with E-state index in [0.717, 1.165) is 25.7 Å². The second-order valence-corrected chi connectivity index (χ2v) is 5.83. The zero-order valence-electron chi connectivity index (χ0n) is 12.4. The van der Waals surface area contributed by atoms with Crippen molar-refractivity contribution < 1.29 is 9.13 Å². The van der Waals surface area contributed by atoms with Crippen molar-refractivity contribution in [2.75, 3.05) is 19.0 Å². The highest BCUT2D eigenvalue weighted by Gasteiger charge is 2.35. The molecule has 1 aliphatic carbocycles. The van der Waals surface area contributed by atoms with E-state index in [-0.39, 0.29) is 11.4 Å². The van der Waals surface area contributed by atoms with Crippen molar-refractivity contribution in [1.29, 1.82) is 0 Å². The maximum atomic E-state index is 14.0. The number of nitrogens with two attached hydrogens (primary N) is 1. The van der Waals surface area contributed by atoms with Gasteiger partial charge in [-0.3, -0.25) is 0 Å². The molecule has 0 aliphatic heterocycles. The van der Waals surface area contributed by atoms with E-state index in [0.29, 0.717) is 23.9 Å². The van der Waals surface area contributed by atoms with Gasteiger partial charge in [0.15, 0.2) is 0 Å². The van der Waals surface area contributed by atoms with Gasteiger partial charge in [-0.1, -0.05) is 26.2 Å².